The van der Waals surface area contributed by atoms with E-state index in [1.807, 2.05) is 0 Å². The summed E-state index contributed by atoms with van der Waals surface area (Å²) in [5.41, 5.74) is 0. The predicted molar refractivity (Wildman–Crippen MR) is 47.7 cm³/mol. The van der Waals surface area contributed by atoms with Gasteiger partial charge in [0.15, 0.2) is 0 Å². The van der Waals surface area contributed by atoms with E-state index < -0.39 is 41.6 Å². The molecule has 0 amide bonds. The first kappa shape index (κ1) is 44.1. The second kappa shape index (κ2) is 18.2. The maximum absolute atomic E-state index is 8.52. The van der Waals surface area contributed by atoms with Crippen LogP contribution in [0.1, 0.15) is 0 Å². The molecule has 0 saturated carbocycles. The Kier molecular flexibility index (Phi) is 35.0. The second-order valence-corrected chi connectivity index (χ2v) is 4.90. The van der Waals surface area contributed by atoms with Crippen LogP contribution in [0.2, 0.25) is 0 Å². The van der Waals surface area contributed by atoms with Gasteiger partial charge in [0.2, 0.25) is 0 Å². The molecule has 0 N–H and O–H groups in total. The van der Waals surface area contributed by atoms with E-state index in [0.29, 0.717) is 0 Å². The first-order chi connectivity index (χ1) is 8.00. The van der Waals surface area contributed by atoms with E-state index in [4.69, 9.17) is 70.1 Å². The van der Waals surface area contributed by atoms with Crippen LogP contribution in [0, 0.1) is 0 Å². The standard InChI is InChI=1S/Cu.4H2O4S.Sn.Zn/c;4*1-5(2,3)4;;/h;4*(H2,1,2,3,4);;/q+2;;;;;+4;+2/p-8. The fourth-order valence-corrected chi connectivity index (χ4v) is 0. The van der Waals surface area contributed by atoms with Crippen molar-refractivity contribution in [2.75, 3.05) is 0 Å². The van der Waals surface area contributed by atoms with Crippen LogP contribution in [0.15, 0.2) is 0 Å². The van der Waals surface area contributed by atoms with Crippen molar-refractivity contribution >= 4 is 65.5 Å². The van der Waals surface area contributed by atoms with Gasteiger partial charge < -0.3 is 36.4 Å². The summed E-state index contributed by atoms with van der Waals surface area (Å²) in [7, 11) is -20.7. The van der Waals surface area contributed by atoms with Gasteiger partial charge in [0.25, 0.3) is 0 Å². The van der Waals surface area contributed by atoms with E-state index in [9.17, 15) is 0 Å². The summed E-state index contributed by atoms with van der Waals surface area (Å²) in [6, 6.07) is 0. The zero-order valence-corrected chi connectivity index (χ0v) is 19.7. The van der Waals surface area contributed by atoms with Crippen LogP contribution in [0.4, 0.5) is 0 Å². The Labute approximate surface area is 170 Å². The SMILES string of the molecule is O=S(=O)([O-])[O-].O=S(=O)([O-])[O-].O=S(=O)([O-])[O-].O=S(=O)([O-])[O-].[Cu+2].[Sn+4].[Zn+2]. The van der Waals surface area contributed by atoms with E-state index in [2.05, 4.69) is 0 Å². The van der Waals surface area contributed by atoms with Crippen LogP contribution in [0.5, 0.6) is 0 Å². The van der Waals surface area contributed by atoms with Gasteiger partial charge >= 0.3 is 60.5 Å². The van der Waals surface area contributed by atoms with Crippen molar-refractivity contribution in [3.63, 3.8) is 0 Å². The molecule has 0 aromatic heterocycles. The van der Waals surface area contributed by atoms with Crippen molar-refractivity contribution in [2.24, 2.45) is 0 Å². The van der Waals surface area contributed by atoms with E-state index in [1.54, 1.807) is 0 Å². The van der Waals surface area contributed by atoms with E-state index in [1.165, 1.54) is 0 Å². The van der Waals surface area contributed by atoms with Gasteiger partial charge in [-0.05, 0) is 0 Å². The molecule has 0 spiro atoms. The Bertz CT molecular complexity index is 485. The van der Waals surface area contributed by atoms with Gasteiger partial charge in [0, 0.05) is 41.6 Å². The summed E-state index contributed by atoms with van der Waals surface area (Å²) in [6.45, 7) is 0. The molecule has 0 atom stereocenters. The van der Waals surface area contributed by atoms with Crippen molar-refractivity contribution < 1.29 is 107 Å². The van der Waals surface area contributed by atoms with Crippen LogP contribution in [-0.4, -0.2) is 94.0 Å². The Morgan fingerprint density at radius 2 is 0.391 bits per heavy atom. The number of hydrogen-bond acceptors (Lipinski definition) is 16. The Balaban J connectivity index is -0.0000000284. The summed E-state index contributed by atoms with van der Waals surface area (Å²) < 4.78 is 136. The summed E-state index contributed by atoms with van der Waals surface area (Å²) in [4.78, 5) is 0. The average Bonchev–Trinajstić information content (AvgIpc) is 1.62. The van der Waals surface area contributed by atoms with Crippen LogP contribution in [0.25, 0.3) is 0 Å². The van der Waals surface area contributed by atoms with Crippen molar-refractivity contribution in [1.82, 2.24) is 0 Å². The van der Waals surface area contributed by atoms with Gasteiger partial charge in [0.05, 0.1) is 0 Å². The molecule has 0 aliphatic heterocycles. The minimum absolute atomic E-state index is 0. The van der Waals surface area contributed by atoms with Gasteiger partial charge in [-0.1, -0.05) is 0 Å². The molecule has 0 saturated heterocycles. The molecule has 23 heteroatoms. The van der Waals surface area contributed by atoms with Gasteiger partial charge in [0.1, 0.15) is 0 Å². The van der Waals surface area contributed by atoms with Gasteiger partial charge in [-0.2, -0.15) is 0 Å². The van der Waals surface area contributed by atoms with Crippen LogP contribution in [-0.2, 0) is 78.1 Å². The summed E-state index contributed by atoms with van der Waals surface area (Å²) >= 11 is 0. The molecule has 23 heavy (non-hydrogen) atoms. The van der Waals surface area contributed by atoms with Crippen molar-refractivity contribution in [2.45, 2.75) is 0 Å². The minimum atomic E-state index is -5.17. The van der Waals surface area contributed by atoms with Crippen molar-refractivity contribution in [1.29, 1.82) is 0 Å². The van der Waals surface area contributed by atoms with Gasteiger partial charge in [-0.25, -0.2) is 0 Å². The van der Waals surface area contributed by atoms with Crippen LogP contribution in [0.3, 0.4) is 0 Å². The second-order valence-electron chi connectivity index (χ2n) is 1.63. The molecule has 0 rings (SSSR count). The van der Waals surface area contributed by atoms with E-state index in [0.717, 1.165) is 0 Å². The van der Waals surface area contributed by atoms with Gasteiger partial charge in [-0.15, -0.1) is 0 Å². The zero-order valence-electron chi connectivity index (χ0n) is 9.67. The smallest absolute Gasteiger partial charge is 0.759 e. The van der Waals surface area contributed by atoms with Crippen LogP contribution < -0.4 is 0 Å². The van der Waals surface area contributed by atoms with Crippen LogP contribution >= 0.6 is 0 Å². The van der Waals surface area contributed by atoms with E-state index in [-0.39, 0.29) is 60.5 Å². The third-order valence-corrected chi connectivity index (χ3v) is 0. The van der Waals surface area contributed by atoms with Gasteiger partial charge in [-0.3, -0.25) is 33.7 Å². The molecule has 0 aromatic carbocycles. The monoisotopic (exact) mass is 631 g/mol. The fourth-order valence-electron chi connectivity index (χ4n) is 0. The largest absolute Gasteiger partial charge is 4.00 e. The maximum atomic E-state index is 8.52. The fraction of sp³-hybridized carbons (Fsp3) is 0. The summed E-state index contributed by atoms with van der Waals surface area (Å²) in [5.74, 6) is 0. The predicted octanol–water partition coefficient (Wildman–Crippen LogP) is -5.74. The Hall–Kier alpha value is 1.42. The molecule has 0 aromatic rings. The molecule has 1 radical (unpaired) electrons. The summed E-state index contributed by atoms with van der Waals surface area (Å²) in [5, 5.41) is 0. The topological polar surface area (TPSA) is 321 Å². The normalized spacial score (nSPS) is 10.1. The van der Waals surface area contributed by atoms with Crippen molar-refractivity contribution in [3.05, 3.63) is 0 Å². The third-order valence-electron chi connectivity index (χ3n) is 0. The Morgan fingerprint density at radius 1 is 0.391 bits per heavy atom. The molecule has 0 fully saturated rings. The first-order valence-corrected chi connectivity index (χ1v) is 8.00. The maximum Gasteiger partial charge on any atom is 4.00 e. The summed E-state index contributed by atoms with van der Waals surface area (Å²) in [6.07, 6.45) is 0. The zero-order chi connectivity index (χ0) is 18.0. The number of hydrogen-bond donors (Lipinski definition) is 0. The molecular weight excluding hydrogens is 632 g/mol. The first-order valence-electron chi connectivity index (χ1n) is 2.67. The molecular formula is CuO16S4SnZn. The molecule has 137 valence electrons. The van der Waals surface area contributed by atoms with Crippen molar-refractivity contribution in [3.8, 4) is 0 Å². The molecule has 0 heterocycles. The van der Waals surface area contributed by atoms with E-state index >= 15 is 0 Å². The molecule has 0 unspecified atom stereocenters. The molecule has 0 aliphatic rings. The molecule has 0 bridgehead atoms. The molecule has 16 nitrogen and oxygen atoms in total. The quantitative estimate of drug-likeness (QED) is 0.136. The minimum Gasteiger partial charge on any atom is -0.759 e. The third kappa shape index (κ3) is 5320. The average molecular weight is 632 g/mol. The number of rotatable bonds is 0. The Morgan fingerprint density at radius 3 is 0.391 bits per heavy atom. The molecule has 0 aliphatic carbocycles.